The molecule has 10 aromatic rings. The Balaban J connectivity index is 1.24. The van der Waals surface area contributed by atoms with Crippen molar-refractivity contribution < 1.29 is 132 Å². The van der Waals surface area contributed by atoms with E-state index in [1.807, 2.05) is 0 Å². The van der Waals surface area contributed by atoms with Crippen LogP contribution in [0.1, 0.15) is 0 Å². The number of pyridine rings is 3. The first-order valence-corrected chi connectivity index (χ1v) is 23.5. The summed E-state index contributed by atoms with van der Waals surface area (Å²) in [6, 6.07) is -0.411. The van der Waals surface area contributed by atoms with E-state index in [1.165, 1.54) is 0 Å². The van der Waals surface area contributed by atoms with Crippen molar-refractivity contribution in [1.82, 2.24) is 15.0 Å². The Kier molecular flexibility index (Phi) is 15.7. The number of halogens is 30. The van der Waals surface area contributed by atoms with Crippen LogP contribution in [0.5, 0.6) is 0 Å². The fraction of sp³-hybridized carbons (Fsp3) is 0. The van der Waals surface area contributed by atoms with Gasteiger partial charge < -0.3 is 0 Å². The monoisotopic (exact) mass is 1310 g/mol. The van der Waals surface area contributed by atoms with E-state index < -0.39 is 294 Å². The first-order chi connectivity index (χ1) is 42.2. The topological polar surface area (TPSA) is 38.7 Å². The largest absolute Gasteiger partial charge is 0.223 e. The molecule has 0 unspecified atom stereocenters. The number of rotatable bonds is 9. The third-order valence-electron chi connectivity index (χ3n) is 13.4. The second-order valence-electron chi connectivity index (χ2n) is 18.3. The maximum absolute atomic E-state index is 16.5. The van der Waals surface area contributed by atoms with Crippen molar-refractivity contribution in [1.29, 1.82) is 0 Å². The first-order valence-electron chi connectivity index (χ1n) is 23.5. The summed E-state index contributed by atoms with van der Waals surface area (Å²) in [7, 11) is 0. The van der Waals surface area contributed by atoms with Gasteiger partial charge in [-0.2, -0.15) is 41.3 Å². The molecule has 90 heavy (non-hydrogen) atoms. The minimum absolute atomic E-state index is 0.111. The Bertz CT molecular complexity index is 4190. The van der Waals surface area contributed by atoms with E-state index >= 15 is 105 Å². The molecule has 3 heterocycles. The third-order valence-corrected chi connectivity index (χ3v) is 13.4. The Morgan fingerprint density at radius 3 is 0.433 bits per heavy atom. The van der Waals surface area contributed by atoms with Gasteiger partial charge in [0.2, 0.25) is 35.7 Å². The van der Waals surface area contributed by atoms with Crippen molar-refractivity contribution in [2.24, 2.45) is 0 Å². The van der Waals surface area contributed by atoms with Crippen molar-refractivity contribution in [3.63, 3.8) is 0 Å². The molecule has 10 rings (SSSR count). The fourth-order valence-electron chi connectivity index (χ4n) is 9.43. The number of benzene rings is 7. The van der Waals surface area contributed by atoms with Gasteiger partial charge in [-0.3, -0.25) is 0 Å². The molecule has 33 heteroatoms. The van der Waals surface area contributed by atoms with Crippen LogP contribution in [0.3, 0.4) is 0 Å². The standard InChI is InChI=1S/C57H9F30N3/c58-16-4-1-13(55(85)88-16)22-37(67)49(79)28(50(80)38(22)68)25-43(73)31(61)19(32(62)44(25)74)10-7-11(20-33(63)45(75)26(46(76)34(20)64)29-51(81)39(69)23(40(70)52(29)82)14-2-5-17(59)89-56(14)86)9-12(8-10)21-35(65)47(77)27(48(78)36(21)66)30-53(83)41(71)24(42(72)54(30)84)15-3-6-18(60)90-57(15)87/h1-9H. The van der Waals surface area contributed by atoms with Crippen LogP contribution in [-0.4, -0.2) is 15.0 Å². The minimum Gasteiger partial charge on any atom is -0.203 e. The average Bonchev–Trinajstić information content (AvgIpc) is 0.751. The van der Waals surface area contributed by atoms with Gasteiger partial charge in [0.15, 0.2) is 140 Å². The predicted molar refractivity (Wildman–Crippen MR) is 247 cm³/mol. The molecule has 0 bridgehead atoms. The molecule has 462 valence electrons. The second kappa shape index (κ2) is 22.5. The Hall–Kier alpha value is -10.1. The highest BCUT2D eigenvalue weighted by molar-refractivity contribution is 5.87. The van der Waals surface area contributed by atoms with E-state index in [9.17, 15) is 26.3 Å². The maximum atomic E-state index is 16.5. The molecule has 0 aliphatic heterocycles. The normalized spacial score (nSPS) is 11.7. The summed E-state index contributed by atoms with van der Waals surface area (Å²) in [5, 5.41) is 0. The van der Waals surface area contributed by atoms with Crippen LogP contribution in [0, 0.1) is 175 Å². The van der Waals surface area contributed by atoms with Gasteiger partial charge in [-0.25, -0.2) is 105 Å². The van der Waals surface area contributed by atoms with Gasteiger partial charge >= 0.3 is 0 Å². The van der Waals surface area contributed by atoms with Crippen molar-refractivity contribution in [3.8, 4) is 100 Å². The van der Waals surface area contributed by atoms with Gasteiger partial charge in [0.25, 0.3) is 0 Å². The number of aromatic nitrogens is 3. The highest BCUT2D eigenvalue weighted by atomic mass is 19.2. The summed E-state index contributed by atoms with van der Waals surface area (Å²) in [6.45, 7) is 0. The lowest BCUT2D eigenvalue weighted by molar-refractivity contribution is 0.444. The zero-order valence-corrected chi connectivity index (χ0v) is 41.9. The van der Waals surface area contributed by atoms with Gasteiger partial charge in [0.1, 0.15) is 0 Å². The van der Waals surface area contributed by atoms with E-state index in [-0.39, 0.29) is 36.4 Å². The summed E-state index contributed by atoms with van der Waals surface area (Å²) in [6.07, 6.45) is 0. The van der Waals surface area contributed by atoms with Gasteiger partial charge in [-0.1, -0.05) is 0 Å². The third kappa shape index (κ3) is 9.44. The zero-order chi connectivity index (χ0) is 66.2. The van der Waals surface area contributed by atoms with Crippen LogP contribution < -0.4 is 0 Å². The summed E-state index contributed by atoms with van der Waals surface area (Å²) in [5.74, 6) is -86.0. The number of hydrogen-bond donors (Lipinski definition) is 0. The number of nitrogens with zero attached hydrogens (tertiary/aromatic N) is 3. The van der Waals surface area contributed by atoms with Crippen LogP contribution in [-0.2, 0) is 0 Å². The maximum Gasteiger partial charge on any atom is 0.223 e. The SMILES string of the molecule is Fc1ccc(-c2c(F)c(F)c(-c3c(F)c(F)c(-c4cc(-c5c(F)c(F)c(-c6c(F)c(F)c(-c7ccc(F)nc7F)c(F)c6F)c(F)c5F)cc(-c5c(F)c(F)c(-c6c(F)c(F)c(-c7ccc(F)nc7F)c(F)c6F)c(F)c5F)c4)c(F)c3F)c(F)c2F)c(F)n1. The molecule has 0 atom stereocenters. The van der Waals surface area contributed by atoms with Crippen molar-refractivity contribution >= 4 is 0 Å². The van der Waals surface area contributed by atoms with Crippen LogP contribution in [0.4, 0.5) is 132 Å². The van der Waals surface area contributed by atoms with E-state index in [2.05, 4.69) is 15.0 Å². The average molecular weight is 1310 g/mol. The molecular formula is C57H9F30N3. The van der Waals surface area contributed by atoms with Gasteiger partial charge in [-0.15, -0.1) is 0 Å². The second-order valence-corrected chi connectivity index (χ2v) is 18.3. The first kappa shape index (κ1) is 62.9. The van der Waals surface area contributed by atoms with Crippen molar-refractivity contribution in [3.05, 3.63) is 230 Å². The number of hydrogen-bond acceptors (Lipinski definition) is 3. The summed E-state index contributed by atoms with van der Waals surface area (Å²) >= 11 is 0. The minimum atomic E-state index is -3.26. The summed E-state index contributed by atoms with van der Waals surface area (Å²) in [5.41, 5.74) is -42.2. The molecule has 0 aliphatic carbocycles. The Morgan fingerprint density at radius 1 is 0.156 bits per heavy atom. The Morgan fingerprint density at radius 2 is 0.289 bits per heavy atom. The van der Waals surface area contributed by atoms with Gasteiger partial charge in [0.05, 0.1) is 66.8 Å². The quantitative estimate of drug-likeness (QED) is 0.0821. The van der Waals surface area contributed by atoms with E-state index in [0.717, 1.165) is 0 Å². The van der Waals surface area contributed by atoms with Crippen LogP contribution >= 0.6 is 0 Å². The molecule has 0 N–H and O–H groups in total. The molecule has 3 aromatic heterocycles. The lowest BCUT2D eigenvalue weighted by Gasteiger charge is -2.19. The molecule has 0 amide bonds. The van der Waals surface area contributed by atoms with E-state index in [4.69, 9.17) is 0 Å². The van der Waals surface area contributed by atoms with E-state index in [0.29, 0.717) is 0 Å². The van der Waals surface area contributed by atoms with Crippen molar-refractivity contribution in [2.75, 3.05) is 0 Å². The zero-order valence-electron chi connectivity index (χ0n) is 41.9. The fourth-order valence-corrected chi connectivity index (χ4v) is 9.43. The van der Waals surface area contributed by atoms with E-state index in [1.54, 1.807) is 0 Å². The molecule has 0 aliphatic rings. The smallest absolute Gasteiger partial charge is 0.203 e. The molecule has 3 nitrogen and oxygen atoms in total. The molecular weight excluding hydrogens is 1300 g/mol. The molecule has 0 saturated heterocycles. The lowest BCUT2D eigenvalue weighted by atomic mass is 9.88. The van der Waals surface area contributed by atoms with Crippen LogP contribution in [0.15, 0.2) is 54.6 Å². The molecule has 0 spiro atoms. The Labute approximate surface area is 476 Å². The van der Waals surface area contributed by atoms with Crippen molar-refractivity contribution in [2.45, 2.75) is 0 Å². The molecule has 0 saturated carbocycles. The summed E-state index contributed by atoms with van der Waals surface area (Å²) < 4.78 is 468. The van der Waals surface area contributed by atoms with Crippen LogP contribution in [0.25, 0.3) is 100 Å². The molecule has 0 fully saturated rings. The predicted octanol–water partition coefficient (Wildman–Crippen LogP) is 19.0. The van der Waals surface area contributed by atoms with Gasteiger partial charge in [-0.05, 0) is 71.3 Å². The van der Waals surface area contributed by atoms with Gasteiger partial charge in [0, 0.05) is 16.7 Å². The molecule has 0 radical (unpaired) electrons. The highest BCUT2D eigenvalue weighted by Gasteiger charge is 2.41. The van der Waals surface area contributed by atoms with Crippen LogP contribution in [0.2, 0.25) is 0 Å². The molecule has 7 aromatic carbocycles. The lowest BCUT2D eigenvalue weighted by Crippen LogP contribution is -2.11. The highest BCUT2D eigenvalue weighted by Crippen LogP contribution is 2.49. The summed E-state index contributed by atoms with van der Waals surface area (Å²) in [4.78, 5) is 7.52.